The van der Waals surface area contributed by atoms with E-state index in [4.69, 9.17) is 0 Å². The van der Waals surface area contributed by atoms with Gasteiger partial charge in [0.1, 0.15) is 11.6 Å². The van der Waals surface area contributed by atoms with Crippen molar-refractivity contribution in [3.05, 3.63) is 30.1 Å². The first kappa shape index (κ1) is 14.0. The van der Waals surface area contributed by atoms with E-state index < -0.39 is 11.6 Å². The van der Waals surface area contributed by atoms with E-state index in [-0.39, 0.29) is 17.9 Å². The molecule has 1 aliphatic heterocycles. The van der Waals surface area contributed by atoms with E-state index in [1.165, 1.54) is 0 Å². The molecule has 0 bridgehead atoms. The molecule has 112 valence electrons. The number of carbonyl (C=O) groups excluding carboxylic acids is 2. The van der Waals surface area contributed by atoms with Gasteiger partial charge in [-0.05, 0) is 44.4 Å². The van der Waals surface area contributed by atoms with Crippen LogP contribution in [0.4, 0.5) is 0 Å². The zero-order valence-electron chi connectivity index (χ0n) is 12.5. The lowest BCUT2D eigenvalue weighted by Gasteiger charge is -2.46. The highest BCUT2D eigenvalue weighted by molar-refractivity contribution is 6.00. The third-order valence-electron chi connectivity index (χ3n) is 4.87. The van der Waals surface area contributed by atoms with Gasteiger partial charge in [-0.1, -0.05) is 12.8 Å². The number of aromatic nitrogens is 1. The quantitative estimate of drug-likeness (QED) is 0.902. The van der Waals surface area contributed by atoms with Crippen LogP contribution in [-0.2, 0) is 9.59 Å². The van der Waals surface area contributed by atoms with Crippen LogP contribution in [0.5, 0.6) is 0 Å². The Bertz CT molecular complexity index is 552. The van der Waals surface area contributed by atoms with Gasteiger partial charge in [0.15, 0.2) is 0 Å². The second kappa shape index (κ2) is 5.13. The summed E-state index contributed by atoms with van der Waals surface area (Å²) in [5, 5.41) is 2.99. The highest BCUT2D eigenvalue weighted by Gasteiger charge is 2.52. The number of rotatable bonds is 2. The summed E-state index contributed by atoms with van der Waals surface area (Å²) in [5.41, 5.74) is 0.346. The van der Waals surface area contributed by atoms with Crippen molar-refractivity contribution in [2.45, 2.75) is 57.2 Å². The summed E-state index contributed by atoms with van der Waals surface area (Å²) in [6.45, 7) is 3.78. The van der Waals surface area contributed by atoms with Gasteiger partial charge >= 0.3 is 0 Å². The summed E-state index contributed by atoms with van der Waals surface area (Å²) >= 11 is 0. The van der Waals surface area contributed by atoms with Gasteiger partial charge in [-0.15, -0.1) is 0 Å². The van der Waals surface area contributed by atoms with Crippen LogP contribution in [0.1, 0.15) is 51.1 Å². The topological polar surface area (TPSA) is 62.3 Å². The zero-order chi connectivity index (χ0) is 15.0. The number of amides is 2. The van der Waals surface area contributed by atoms with Crippen molar-refractivity contribution < 1.29 is 9.59 Å². The predicted molar refractivity (Wildman–Crippen MR) is 78.3 cm³/mol. The fourth-order valence-corrected chi connectivity index (χ4v) is 3.57. The zero-order valence-corrected chi connectivity index (χ0v) is 12.5. The fourth-order valence-electron chi connectivity index (χ4n) is 3.57. The van der Waals surface area contributed by atoms with E-state index >= 15 is 0 Å². The number of nitrogens with zero attached hydrogens (tertiary/aromatic N) is 2. The maximum absolute atomic E-state index is 13.0. The third kappa shape index (κ3) is 2.20. The Morgan fingerprint density at radius 2 is 1.90 bits per heavy atom. The summed E-state index contributed by atoms with van der Waals surface area (Å²) in [5.74, 6) is 0.0221. The molecule has 21 heavy (non-hydrogen) atoms. The molecule has 2 fully saturated rings. The first-order valence-electron chi connectivity index (χ1n) is 7.60. The van der Waals surface area contributed by atoms with E-state index in [0.29, 0.717) is 0 Å². The average Bonchev–Trinajstić information content (AvgIpc) is 2.96. The van der Waals surface area contributed by atoms with Crippen molar-refractivity contribution in [2.75, 3.05) is 0 Å². The van der Waals surface area contributed by atoms with Crippen molar-refractivity contribution in [3.63, 3.8) is 0 Å². The van der Waals surface area contributed by atoms with Gasteiger partial charge in [-0.2, -0.15) is 0 Å². The molecule has 5 heteroatoms. The second-order valence-electron chi connectivity index (χ2n) is 6.12. The lowest BCUT2D eigenvalue weighted by molar-refractivity contribution is -0.156. The Morgan fingerprint density at radius 1 is 1.29 bits per heavy atom. The molecule has 0 radical (unpaired) electrons. The number of pyridine rings is 1. The summed E-state index contributed by atoms with van der Waals surface area (Å²) in [6, 6.07) is 3.24. The summed E-state index contributed by atoms with van der Waals surface area (Å²) < 4.78 is 0. The Labute approximate surface area is 124 Å². The van der Waals surface area contributed by atoms with Crippen molar-refractivity contribution in [1.82, 2.24) is 15.2 Å². The standard InChI is InChI=1S/C16H21N3O2/c1-11(13-5-9-17-10-6-13)19-12(2)14(20)18-16(15(19)21)7-3-4-8-16/h5-6,9-12H,3-4,7-8H2,1-2H3,(H,18,20). The van der Waals surface area contributed by atoms with Crippen LogP contribution in [-0.4, -0.2) is 33.3 Å². The molecule has 2 amide bonds. The van der Waals surface area contributed by atoms with Gasteiger partial charge in [-0.3, -0.25) is 14.6 Å². The first-order chi connectivity index (χ1) is 10.1. The maximum Gasteiger partial charge on any atom is 0.249 e. The van der Waals surface area contributed by atoms with Gasteiger partial charge in [0.25, 0.3) is 0 Å². The lowest BCUT2D eigenvalue weighted by Crippen LogP contribution is -2.69. The van der Waals surface area contributed by atoms with Crippen LogP contribution < -0.4 is 5.32 Å². The van der Waals surface area contributed by atoms with Crippen LogP contribution in [0.2, 0.25) is 0 Å². The van der Waals surface area contributed by atoms with Gasteiger partial charge in [0.2, 0.25) is 11.8 Å². The first-order valence-corrected chi connectivity index (χ1v) is 7.60. The minimum atomic E-state index is -0.662. The van der Waals surface area contributed by atoms with Gasteiger partial charge in [0, 0.05) is 12.4 Å². The van der Waals surface area contributed by atoms with Crippen molar-refractivity contribution >= 4 is 11.8 Å². The highest BCUT2D eigenvalue weighted by Crippen LogP contribution is 2.37. The Kier molecular flexibility index (Phi) is 3.43. The fraction of sp³-hybridized carbons (Fsp3) is 0.562. The van der Waals surface area contributed by atoms with Crippen LogP contribution in [0.25, 0.3) is 0 Å². The number of hydrogen-bond donors (Lipinski definition) is 1. The molecule has 1 aromatic rings. The maximum atomic E-state index is 13.0. The minimum Gasteiger partial charge on any atom is -0.340 e. The Morgan fingerprint density at radius 3 is 2.52 bits per heavy atom. The van der Waals surface area contributed by atoms with Crippen molar-refractivity contribution in [1.29, 1.82) is 0 Å². The third-order valence-corrected chi connectivity index (χ3v) is 4.87. The monoisotopic (exact) mass is 287 g/mol. The van der Waals surface area contributed by atoms with Crippen molar-refractivity contribution in [2.24, 2.45) is 0 Å². The molecule has 2 heterocycles. The molecular weight excluding hydrogens is 266 g/mol. The number of hydrogen-bond acceptors (Lipinski definition) is 3. The molecule has 2 unspecified atom stereocenters. The lowest BCUT2D eigenvalue weighted by atomic mass is 9.89. The van der Waals surface area contributed by atoms with E-state index in [1.54, 1.807) is 24.2 Å². The molecule has 1 saturated carbocycles. The smallest absolute Gasteiger partial charge is 0.249 e. The molecule has 1 saturated heterocycles. The van der Waals surface area contributed by atoms with E-state index in [1.807, 2.05) is 19.1 Å². The summed E-state index contributed by atoms with van der Waals surface area (Å²) in [6.07, 6.45) is 6.94. The molecule has 1 aromatic heterocycles. The van der Waals surface area contributed by atoms with Gasteiger partial charge in [-0.25, -0.2) is 0 Å². The second-order valence-corrected chi connectivity index (χ2v) is 6.12. The van der Waals surface area contributed by atoms with E-state index in [9.17, 15) is 9.59 Å². The SMILES string of the molecule is CC1C(=O)NC2(CCCC2)C(=O)N1C(C)c1ccncc1. The van der Waals surface area contributed by atoms with Crippen LogP contribution in [0, 0.1) is 0 Å². The molecular formula is C16H21N3O2. The molecule has 2 atom stereocenters. The van der Waals surface area contributed by atoms with Crippen LogP contribution in [0.3, 0.4) is 0 Å². The Balaban J connectivity index is 1.95. The molecule has 1 N–H and O–H groups in total. The van der Waals surface area contributed by atoms with E-state index in [0.717, 1.165) is 31.2 Å². The minimum absolute atomic E-state index is 0.0441. The molecule has 3 rings (SSSR count). The van der Waals surface area contributed by atoms with E-state index in [2.05, 4.69) is 10.3 Å². The molecule has 0 aromatic carbocycles. The molecule has 1 aliphatic carbocycles. The van der Waals surface area contributed by atoms with Crippen LogP contribution >= 0.6 is 0 Å². The van der Waals surface area contributed by atoms with Gasteiger partial charge < -0.3 is 10.2 Å². The molecule has 5 nitrogen and oxygen atoms in total. The number of nitrogens with one attached hydrogen (secondary N) is 1. The summed E-state index contributed by atoms with van der Waals surface area (Å²) in [4.78, 5) is 31.1. The number of piperazine rings is 1. The normalized spacial score (nSPS) is 26.0. The highest BCUT2D eigenvalue weighted by atomic mass is 16.2. The van der Waals surface area contributed by atoms with Crippen LogP contribution in [0.15, 0.2) is 24.5 Å². The Hall–Kier alpha value is -1.91. The predicted octanol–water partition coefficient (Wildman–Crippen LogP) is 1.80. The van der Waals surface area contributed by atoms with Crippen molar-refractivity contribution in [3.8, 4) is 0 Å². The average molecular weight is 287 g/mol. The summed E-state index contributed by atoms with van der Waals surface area (Å²) in [7, 11) is 0. The molecule has 1 spiro atoms. The molecule has 2 aliphatic rings. The largest absolute Gasteiger partial charge is 0.340 e. The van der Waals surface area contributed by atoms with Gasteiger partial charge in [0.05, 0.1) is 6.04 Å². The number of carbonyl (C=O) groups is 2.